The van der Waals surface area contributed by atoms with Crippen LogP contribution in [0.15, 0.2) is 23.8 Å². The molecule has 0 aliphatic heterocycles. The molecular weight excluding hydrogens is 450 g/mol. The van der Waals surface area contributed by atoms with Gasteiger partial charge in [0.25, 0.3) is 0 Å². The van der Waals surface area contributed by atoms with Gasteiger partial charge in [0.2, 0.25) is 5.12 Å². The molecule has 0 radical (unpaired) electrons. The first kappa shape index (κ1) is 24.6. The molecule has 1 N–H and O–H groups in total. The summed E-state index contributed by atoms with van der Waals surface area (Å²) in [4.78, 5) is 37.6. The lowest BCUT2D eigenvalue weighted by Gasteiger charge is -2.63. The summed E-state index contributed by atoms with van der Waals surface area (Å²) in [5.41, 5.74) is -6.25. The molecule has 182 valence electrons. The van der Waals surface area contributed by atoms with Gasteiger partial charge in [0.05, 0.1) is 6.10 Å². The van der Waals surface area contributed by atoms with Crippen molar-refractivity contribution in [3.8, 4) is 0 Å². The molecule has 5 nitrogen and oxygen atoms in total. The van der Waals surface area contributed by atoms with Gasteiger partial charge in [-0.15, -0.1) is 0 Å². The summed E-state index contributed by atoms with van der Waals surface area (Å²) < 4.78 is 38.5. The van der Waals surface area contributed by atoms with Gasteiger partial charge in [-0.1, -0.05) is 38.6 Å². The van der Waals surface area contributed by atoms with Crippen molar-refractivity contribution < 1.29 is 33.0 Å². The highest BCUT2D eigenvalue weighted by Crippen LogP contribution is 2.72. The Hall–Kier alpha value is -1.54. The smallest absolute Gasteiger partial charge is 0.303 e. The highest BCUT2D eigenvalue weighted by molar-refractivity contribution is 8.13. The maximum Gasteiger partial charge on any atom is 0.303 e. The quantitative estimate of drug-likeness (QED) is 0.610. The van der Waals surface area contributed by atoms with E-state index in [2.05, 4.69) is 0 Å². The number of esters is 1. The van der Waals surface area contributed by atoms with Crippen LogP contribution in [0.4, 0.5) is 8.78 Å². The molecule has 4 aliphatic rings. The molecule has 0 aromatic carbocycles. The second-order valence-electron chi connectivity index (χ2n) is 10.5. The minimum atomic E-state index is -2.23. The Labute approximate surface area is 197 Å². The molecule has 4 rings (SSSR count). The summed E-state index contributed by atoms with van der Waals surface area (Å²) in [6.07, 6.45) is 0.758. The molecule has 3 saturated carbocycles. The predicted molar refractivity (Wildman–Crippen MR) is 121 cm³/mol. The van der Waals surface area contributed by atoms with Gasteiger partial charge >= 0.3 is 5.97 Å². The number of halogens is 2. The molecule has 0 heterocycles. The van der Waals surface area contributed by atoms with Gasteiger partial charge < -0.3 is 9.84 Å². The number of aliphatic hydroxyl groups is 1. The Balaban J connectivity index is 1.88. The van der Waals surface area contributed by atoms with E-state index in [0.717, 1.165) is 17.8 Å². The third kappa shape index (κ3) is 2.95. The molecule has 0 saturated heterocycles. The lowest BCUT2D eigenvalue weighted by molar-refractivity contribution is -0.228. The minimum absolute atomic E-state index is 0.0614. The van der Waals surface area contributed by atoms with E-state index in [9.17, 15) is 19.5 Å². The third-order valence-corrected chi connectivity index (χ3v) is 9.91. The number of allylic oxidation sites excluding steroid dienone is 4. The van der Waals surface area contributed by atoms with E-state index in [1.54, 1.807) is 13.8 Å². The Morgan fingerprint density at radius 3 is 2.55 bits per heavy atom. The first-order valence-electron chi connectivity index (χ1n) is 11.6. The molecule has 3 fully saturated rings. The van der Waals surface area contributed by atoms with Crippen molar-refractivity contribution in [3.63, 3.8) is 0 Å². The second-order valence-corrected chi connectivity index (χ2v) is 11.8. The molecule has 33 heavy (non-hydrogen) atoms. The average molecular weight is 483 g/mol. The number of thioether (sulfide) groups is 1. The Morgan fingerprint density at radius 1 is 1.27 bits per heavy atom. The van der Waals surface area contributed by atoms with E-state index in [0.29, 0.717) is 12.2 Å². The van der Waals surface area contributed by atoms with Crippen molar-refractivity contribution in [2.45, 2.75) is 77.4 Å². The van der Waals surface area contributed by atoms with Crippen molar-refractivity contribution in [2.75, 3.05) is 5.75 Å². The van der Waals surface area contributed by atoms with Gasteiger partial charge in [-0.05, 0) is 55.6 Å². The van der Waals surface area contributed by atoms with Crippen LogP contribution in [-0.4, -0.2) is 51.3 Å². The summed E-state index contributed by atoms with van der Waals surface area (Å²) in [5.74, 6) is -2.37. The van der Waals surface area contributed by atoms with Crippen molar-refractivity contribution in [1.29, 1.82) is 0 Å². The predicted octanol–water partition coefficient (Wildman–Crippen LogP) is 4.13. The molecule has 9 atom stereocenters. The standard InChI is InChI=1S/C25H32F2O5S/c1-6-33-21(31)25(32-14(3)28)13(2)9-16-17-11-19(26)18-10-15(29)7-8-22(18,4)24(17,27)20(30)12-23(16,25)5/h7-8,10,13,16-17,19-20,30H,6,9,11-12H2,1-5H3/t13-,16+,17?,19+,20+,22+,23+,24+,25+/m1/s1. The lowest BCUT2D eigenvalue weighted by atomic mass is 9.44. The molecule has 0 aromatic heterocycles. The summed E-state index contributed by atoms with van der Waals surface area (Å²) >= 11 is 1.05. The largest absolute Gasteiger partial charge is 0.449 e. The fourth-order valence-electron chi connectivity index (χ4n) is 7.68. The highest BCUT2D eigenvalue weighted by Gasteiger charge is 2.78. The van der Waals surface area contributed by atoms with Gasteiger partial charge in [0.1, 0.15) is 6.17 Å². The number of ether oxygens (including phenoxy) is 1. The van der Waals surface area contributed by atoms with Gasteiger partial charge in [0.15, 0.2) is 17.1 Å². The lowest BCUT2D eigenvalue weighted by Crippen LogP contribution is -2.70. The normalized spacial score (nSPS) is 48.4. The van der Waals surface area contributed by atoms with Crippen LogP contribution in [0.25, 0.3) is 0 Å². The first-order valence-corrected chi connectivity index (χ1v) is 12.6. The van der Waals surface area contributed by atoms with Crippen LogP contribution >= 0.6 is 11.8 Å². The summed E-state index contributed by atoms with van der Waals surface area (Å²) in [6.45, 7) is 8.21. The van der Waals surface area contributed by atoms with Gasteiger partial charge in [0, 0.05) is 29.6 Å². The van der Waals surface area contributed by atoms with Gasteiger partial charge in [-0.25, -0.2) is 8.78 Å². The van der Waals surface area contributed by atoms with E-state index < -0.39 is 63.9 Å². The minimum Gasteiger partial charge on any atom is -0.449 e. The number of rotatable bonds is 3. The number of fused-ring (bicyclic) bond motifs is 5. The van der Waals surface area contributed by atoms with Crippen LogP contribution in [0.5, 0.6) is 0 Å². The molecule has 0 bridgehead atoms. The second kappa shape index (κ2) is 7.74. The molecule has 4 aliphatic carbocycles. The fraction of sp³-hybridized carbons (Fsp3) is 0.720. The molecule has 0 spiro atoms. The Kier molecular flexibility index (Phi) is 5.76. The maximum atomic E-state index is 17.2. The van der Waals surface area contributed by atoms with Crippen LogP contribution in [0.2, 0.25) is 0 Å². The maximum absolute atomic E-state index is 17.2. The van der Waals surface area contributed by atoms with Crippen molar-refractivity contribution in [1.82, 2.24) is 0 Å². The molecule has 0 amide bonds. The molecule has 0 aromatic rings. The van der Waals surface area contributed by atoms with E-state index in [-0.39, 0.29) is 23.5 Å². The highest BCUT2D eigenvalue weighted by atomic mass is 32.2. The van der Waals surface area contributed by atoms with Gasteiger partial charge in [-0.3, -0.25) is 14.4 Å². The van der Waals surface area contributed by atoms with Crippen LogP contribution in [-0.2, 0) is 19.1 Å². The fourth-order valence-corrected chi connectivity index (χ4v) is 8.64. The summed E-state index contributed by atoms with van der Waals surface area (Å²) in [6, 6.07) is 0. The zero-order chi connectivity index (χ0) is 24.6. The number of alkyl halides is 2. The Morgan fingerprint density at radius 2 is 1.94 bits per heavy atom. The summed E-state index contributed by atoms with van der Waals surface area (Å²) in [7, 11) is 0. The average Bonchev–Trinajstić information content (AvgIpc) is 2.93. The van der Waals surface area contributed by atoms with Crippen molar-refractivity contribution >= 4 is 28.6 Å². The molecule has 1 unspecified atom stereocenters. The van der Waals surface area contributed by atoms with Crippen LogP contribution in [0, 0.1) is 28.6 Å². The van der Waals surface area contributed by atoms with Crippen molar-refractivity contribution in [3.05, 3.63) is 23.8 Å². The number of hydrogen-bond donors (Lipinski definition) is 1. The molecular formula is C25H32F2O5S. The van der Waals surface area contributed by atoms with Crippen LogP contribution < -0.4 is 0 Å². The van der Waals surface area contributed by atoms with Crippen molar-refractivity contribution in [2.24, 2.45) is 28.6 Å². The third-order valence-electron chi connectivity index (χ3n) is 9.05. The first-order chi connectivity index (χ1) is 15.3. The summed E-state index contributed by atoms with van der Waals surface area (Å²) in [5, 5.41) is 11.1. The van der Waals surface area contributed by atoms with E-state index in [1.165, 1.54) is 19.1 Å². The number of ketones is 1. The van der Waals surface area contributed by atoms with Gasteiger partial charge in [-0.2, -0.15) is 0 Å². The SMILES string of the molecule is CCSC(=O)[C@@]1(OC(C)=O)[C@H](C)C[C@H]2C3C[C@H](F)C4=CC(=O)C=C[C@]4(C)[C@@]3(F)[C@@H](O)C[C@@]21C. The number of carbonyl (C=O) groups is 3. The zero-order valence-corrected chi connectivity index (χ0v) is 20.5. The number of carbonyl (C=O) groups excluding carboxylic acids is 3. The van der Waals surface area contributed by atoms with Crippen LogP contribution in [0.1, 0.15) is 53.9 Å². The van der Waals surface area contributed by atoms with E-state index >= 15 is 8.78 Å². The topological polar surface area (TPSA) is 80.7 Å². The zero-order valence-electron chi connectivity index (χ0n) is 19.7. The van der Waals surface area contributed by atoms with E-state index in [4.69, 9.17) is 4.74 Å². The number of aliphatic hydroxyl groups excluding tert-OH is 1. The monoisotopic (exact) mass is 482 g/mol. The Bertz CT molecular complexity index is 964. The van der Waals surface area contributed by atoms with Crippen LogP contribution in [0.3, 0.4) is 0 Å². The molecule has 8 heteroatoms. The number of hydrogen-bond acceptors (Lipinski definition) is 6. The van der Waals surface area contributed by atoms with E-state index in [1.807, 2.05) is 13.8 Å².